The van der Waals surface area contributed by atoms with Gasteiger partial charge in [0.25, 0.3) is 11.8 Å². The van der Waals surface area contributed by atoms with Gasteiger partial charge in [-0.15, -0.1) is 0 Å². The highest BCUT2D eigenvalue weighted by Crippen LogP contribution is 2.33. The van der Waals surface area contributed by atoms with Crippen molar-refractivity contribution in [3.63, 3.8) is 0 Å². The molecule has 3 rings (SSSR count). The van der Waals surface area contributed by atoms with Gasteiger partial charge in [0.2, 0.25) is 0 Å². The quantitative estimate of drug-likeness (QED) is 0.296. The van der Waals surface area contributed by atoms with Crippen LogP contribution in [0.25, 0.3) is 0 Å². The Hall–Kier alpha value is -3.85. The van der Waals surface area contributed by atoms with E-state index in [9.17, 15) is 9.59 Å². The van der Waals surface area contributed by atoms with Crippen molar-refractivity contribution in [1.29, 1.82) is 5.41 Å². The molecule has 10 heteroatoms. The molecule has 0 spiro atoms. The number of pyridine rings is 1. The number of anilines is 2. The zero-order valence-electron chi connectivity index (χ0n) is 18.7. The highest BCUT2D eigenvalue weighted by Gasteiger charge is 2.21. The Labute approximate surface area is 197 Å². The lowest BCUT2D eigenvalue weighted by Crippen LogP contribution is -2.22. The first kappa shape index (κ1) is 23.8. The summed E-state index contributed by atoms with van der Waals surface area (Å²) >= 11 is 6.18. The molecule has 0 atom stereocenters. The number of benzene rings is 2. The third-order valence-corrected chi connectivity index (χ3v) is 5.01. The Kier molecular flexibility index (Phi) is 7.35. The van der Waals surface area contributed by atoms with Crippen molar-refractivity contribution >= 4 is 54.1 Å². The maximum absolute atomic E-state index is 13.0. The summed E-state index contributed by atoms with van der Waals surface area (Å²) in [5.74, 6) is -0.0204. The number of halogens is 1. The Morgan fingerprint density at radius 3 is 2.27 bits per heavy atom. The van der Waals surface area contributed by atoms with Gasteiger partial charge in [0, 0.05) is 42.5 Å². The standard InChI is InChI=1S/C23H23BClN5O3/c1-30(2)21(26)13-4-6-14(7-5-13)22(31)29-20-17(10-16(25)11-18(20)33-3)23(32)28-19-9-8-15(24)12-27-19/h4-12,26H,24H2,1-3H3,(H,29,31)(H,27,28,32). The first-order chi connectivity index (χ1) is 15.7. The fourth-order valence-electron chi connectivity index (χ4n) is 3.00. The summed E-state index contributed by atoms with van der Waals surface area (Å²) in [4.78, 5) is 31.8. The van der Waals surface area contributed by atoms with E-state index < -0.39 is 11.8 Å². The van der Waals surface area contributed by atoms with E-state index in [-0.39, 0.29) is 22.0 Å². The monoisotopic (exact) mass is 463 g/mol. The van der Waals surface area contributed by atoms with Gasteiger partial charge in [0.1, 0.15) is 25.2 Å². The van der Waals surface area contributed by atoms with Crippen molar-refractivity contribution < 1.29 is 14.3 Å². The number of aromatic nitrogens is 1. The second kappa shape index (κ2) is 10.2. The summed E-state index contributed by atoms with van der Waals surface area (Å²) < 4.78 is 5.37. The van der Waals surface area contributed by atoms with Crippen LogP contribution in [0.15, 0.2) is 54.7 Å². The lowest BCUT2D eigenvalue weighted by atomic mass is 9.99. The van der Waals surface area contributed by atoms with Crippen LogP contribution in [0.1, 0.15) is 26.3 Å². The molecule has 168 valence electrons. The van der Waals surface area contributed by atoms with Gasteiger partial charge in [-0.3, -0.25) is 15.0 Å². The molecule has 0 fully saturated rings. The molecule has 0 aliphatic carbocycles. The average molecular weight is 464 g/mol. The topological polar surface area (TPSA) is 107 Å². The van der Waals surface area contributed by atoms with Crippen LogP contribution in [-0.2, 0) is 0 Å². The largest absolute Gasteiger partial charge is 0.494 e. The Balaban J connectivity index is 1.90. The molecule has 2 aromatic carbocycles. The first-order valence-electron chi connectivity index (χ1n) is 9.98. The number of hydrogen-bond donors (Lipinski definition) is 3. The summed E-state index contributed by atoms with van der Waals surface area (Å²) in [7, 11) is 6.86. The highest BCUT2D eigenvalue weighted by atomic mass is 35.5. The number of rotatable bonds is 6. The molecule has 3 N–H and O–H groups in total. The molecule has 0 aliphatic heterocycles. The number of nitrogens with one attached hydrogen (secondary N) is 3. The smallest absolute Gasteiger partial charge is 0.259 e. The van der Waals surface area contributed by atoms with Gasteiger partial charge in [0.15, 0.2) is 0 Å². The molecule has 8 nitrogen and oxygen atoms in total. The summed E-state index contributed by atoms with van der Waals surface area (Å²) in [6, 6.07) is 13.1. The third-order valence-electron chi connectivity index (χ3n) is 4.79. The average Bonchev–Trinajstić information content (AvgIpc) is 2.80. The minimum absolute atomic E-state index is 0.126. The Bertz CT molecular complexity index is 1200. The second-order valence-corrected chi connectivity index (χ2v) is 7.92. The summed E-state index contributed by atoms with van der Waals surface area (Å²) in [5, 5.41) is 13.8. The Morgan fingerprint density at radius 2 is 1.70 bits per heavy atom. The summed E-state index contributed by atoms with van der Waals surface area (Å²) in [6.07, 6.45) is 1.64. The van der Waals surface area contributed by atoms with E-state index >= 15 is 0 Å². The van der Waals surface area contributed by atoms with Crippen LogP contribution in [0.2, 0.25) is 5.02 Å². The zero-order valence-corrected chi connectivity index (χ0v) is 19.4. The van der Waals surface area contributed by atoms with Crippen molar-refractivity contribution in [2.45, 2.75) is 0 Å². The number of nitrogens with zero attached hydrogens (tertiary/aromatic N) is 2. The van der Waals surface area contributed by atoms with Crippen molar-refractivity contribution in [3.05, 3.63) is 76.4 Å². The van der Waals surface area contributed by atoms with Gasteiger partial charge in [-0.1, -0.05) is 35.3 Å². The molecule has 2 amide bonds. The highest BCUT2D eigenvalue weighted by molar-refractivity contribution is 6.32. The molecular formula is C23H23BClN5O3. The number of ether oxygens (including phenoxy) is 1. The van der Waals surface area contributed by atoms with Gasteiger partial charge in [0.05, 0.1) is 18.4 Å². The minimum Gasteiger partial charge on any atom is -0.494 e. The zero-order chi connectivity index (χ0) is 24.1. The van der Waals surface area contributed by atoms with Crippen molar-refractivity contribution in [3.8, 4) is 5.75 Å². The van der Waals surface area contributed by atoms with Crippen LogP contribution >= 0.6 is 11.6 Å². The van der Waals surface area contributed by atoms with E-state index in [4.69, 9.17) is 21.7 Å². The first-order valence-corrected chi connectivity index (χ1v) is 10.4. The van der Waals surface area contributed by atoms with E-state index in [2.05, 4.69) is 15.6 Å². The fraction of sp³-hybridized carbons (Fsp3) is 0.130. The van der Waals surface area contributed by atoms with Gasteiger partial charge in [-0.2, -0.15) is 0 Å². The lowest BCUT2D eigenvalue weighted by molar-refractivity contribution is 0.102. The summed E-state index contributed by atoms with van der Waals surface area (Å²) in [6.45, 7) is 0. The van der Waals surface area contributed by atoms with Crippen molar-refractivity contribution in [1.82, 2.24) is 9.88 Å². The lowest BCUT2D eigenvalue weighted by Gasteiger charge is -2.16. The SMILES string of the molecule is Bc1ccc(NC(=O)c2cc(Cl)cc(OC)c2NC(=O)c2ccc(C(=N)N(C)C)cc2)nc1. The normalized spacial score (nSPS) is 10.3. The number of amides is 2. The van der Waals surface area contributed by atoms with E-state index in [1.807, 2.05) is 13.9 Å². The third kappa shape index (κ3) is 5.69. The molecule has 3 aromatic rings. The molecule has 0 aliphatic rings. The maximum Gasteiger partial charge on any atom is 0.259 e. The maximum atomic E-state index is 13.0. The van der Waals surface area contributed by atoms with Crippen molar-refractivity contribution in [2.24, 2.45) is 0 Å². The Morgan fingerprint density at radius 1 is 1.03 bits per heavy atom. The molecule has 0 unspecified atom stereocenters. The van der Waals surface area contributed by atoms with Gasteiger partial charge in [-0.05, 0) is 24.3 Å². The van der Waals surface area contributed by atoms with Gasteiger partial charge in [-0.25, -0.2) is 4.98 Å². The molecule has 33 heavy (non-hydrogen) atoms. The van der Waals surface area contributed by atoms with Crippen LogP contribution in [0.4, 0.5) is 11.5 Å². The number of hydrogen-bond acceptors (Lipinski definition) is 5. The van der Waals surface area contributed by atoms with Crippen LogP contribution in [0.5, 0.6) is 5.75 Å². The van der Waals surface area contributed by atoms with Crippen LogP contribution in [0, 0.1) is 5.41 Å². The minimum atomic E-state index is -0.503. The second-order valence-electron chi connectivity index (χ2n) is 7.48. The molecule has 1 aromatic heterocycles. The van der Waals surface area contributed by atoms with Crippen LogP contribution in [-0.4, -0.2) is 56.6 Å². The molecule has 0 radical (unpaired) electrons. The number of carbonyl (C=O) groups is 2. The summed E-state index contributed by atoms with van der Waals surface area (Å²) in [5.41, 5.74) is 2.29. The molecule has 1 heterocycles. The van der Waals surface area contributed by atoms with E-state index in [1.165, 1.54) is 19.2 Å². The predicted octanol–water partition coefficient (Wildman–Crippen LogP) is 2.39. The van der Waals surface area contributed by atoms with Crippen LogP contribution < -0.4 is 20.8 Å². The van der Waals surface area contributed by atoms with E-state index in [0.717, 1.165) is 5.46 Å². The van der Waals surface area contributed by atoms with Crippen LogP contribution in [0.3, 0.4) is 0 Å². The molecular weight excluding hydrogens is 441 g/mol. The molecule has 0 saturated heterocycles. The predicted molar refractivity (Wildman–Crippen MR) is 133 cm³/mol. The van der Waals surface area contributed by atoms with E-state index in [1.54, 1.807) is 55.5 Å². The van der Waals surface area contributed by atoms with E-state index in [0.29, 0.717) is 22.8 Å². The molecule has 0 bridgehead atoms. The number of methoxy groups -OCH3 is 1. The number of amidine groups is 1. The fourth-order valence-corrected chi connectivity index (χ4v) is 3.21. The number of carbonyl (C=O) groups excluding carboxylic acids is 2. The van der Waals surface area contributed by atoms with Crippen molar-refractivity contribution in [2.75, 3.05) is 31.8 Å². The van der Waals surface area contributed by atoms with Gasteiger partial charge < -0.3 is 20.3 Å². The van der Waals surface area contributed by atoms with Gasteiger partial charge >= 0.3 is 0 Å². The molecule has 0 saturated carbocycles.